The predicted octanol–water partition coefficient (Wildman–Crippen LogP) is 3.62. The lowest BCUT2D eigenvalue weighted by Gasteiger charge is -2.12. The predicted molar refractivity (Wildman–Crippen MR) is 69.1 cm³/mol. The van der Waals surface area contributed by atoms with Crippen LogP contribution in [0.3, 0.4) is 0 Å². The van der Waals surface area contributed by atoms with Gasteiger partial charge in [0.05, 0.1) is 0 Å². The monoisotopic (exact) mass is 247 g/mol. The molecule has 0 aliphatic carbocycles. The van der Waals surface area contributed by atoms with E-state index in [-0.39, 0.29) is 0 Å². The van der Waals surface area contributed by atoms with Crippen molar-refractivity contribution in [2.45, 2.75) is 26.7 Å². The normalized spacial score (nSPS) is 10.9. The molecule has 0 spiro atoms. The van der Waals surface area contributed by atoms with E-state index < -0.39 is 0 Å². The molecule has 0 saturated carbocycles. The van der Waals surface area contributed by atoms with E-state index in [0.717, 1.165) is 16.8 Å². The molecule has 0 radical (unpaired) electrons. The van der Waals surface area contributed by atoms with Gasteiger partial charge in [-0.2, -0.15) is 0 Å². The van der Waals surface area contributed by atoms with Crippen LogP contribution < -0.4 is 0 Å². The highest BCUT2D eigenvalue weighted by Gasteiger charge is 2.13. The molecule has 0 N–H and O–H groups in total. The molecule has 0 bridgehead atoms. The summed E-state index contributed by atoms with van der Waals surface area (Å²) in [5.41, 5.74) is 2.82. The third-order valence-electron chi connectivity index (χ3n) is 2.59. The Bertz CT molecular complexity index is 500. The Balaban J connectivity index is 2.53. The molecule has 0 aromatic carbocycles. The summed E-state index contributed by atoms with van der Waals surface area (Å²) in [5.74, 6) is 0.954. The highest BCUT2D eigenvalue weighted by molar-refractivity contribution is 6.30. The second kappa shape index (κ2) is 4.80. The van der Waals surface area contributed by atoms with Gasteiger partial charge in [-0.25, -0.2) is 9.97 Å². The van der Waals surface area contributed by atoms with Crippen molar-refractivity contribution in [1.29, 1.82) is 0 Å². The number of pyridine rings is 1. The summed E-state index contributed by atoms with van der Waals surface area (Å²) in [6, 6.07) is 3.78. The number of hydrogen-bond donors (Lipinski definition) is 0. The highest BCUT2D eigenvalue weighted by Crippen LogP contribution is 2.27. The second-order valence-corrected chi connectivity index (χ2v) is 4.59. The van der Waals surface area contributed by atoms with Crippen molar-refractivity contribution in [2.24, 2.45) is 0 Å². The van der Waals surface area contributed by atoms with Crippen LogP contribution in [-0.2, 0) is 0 Å². The quantitative estimate of drug-likeness (QED) is 0.761. The van der Waals surface area contributed by atoms with Crippen LogP contribution in [0.5, 0.6) is 0 Å². The highest BCUT2D eigenvalue weighted by atomic mass is 35.5. The largest absolute Gasteiger partial charge is 0.264 e. The number of aromatic nitrogens is 3. The molecule has 2 rings (SSSR count). The number of rotatable bonds is 2. The lowest BCUT2D eigenvalue weighted by atomic mass is 10.0. The third kappa shape index (κ3) is 2.44. The van der Waals surface area contributed by atoms with Crippen molar-refractivity contribution in [2.75, 3.05) is 0 Å². The SMILES string of the molecule is Cc1nc(-c2cccnc2)nc(Cl)c1C(C)C. The minimum Gasteiger partial charge on any atom is -0.264 e. The van der Waals surface area contributed by atoms with Crippen molar-refractivity contribution >= 4 is 11.6 Å². The van der Waals surface area contributed by atoms with E-state index in [0.29, 0.717) is 16.9 Å². The lowest BCUT2D eigenvalue weighted by molar-refractivity contribution is 0.831. The zero-order valence-electron chi connectivity index (χ0n) is 10.1. The Labute approximate surface area is 106 Å². The smallest absolute Gasteiger partial charge is 0.162 e. The third-order valence-corrected chi connectivity index (χ3v) is 2.87. The van der Waals surface area contributed by atoms with Crippen molar-refractivity contribution in [1.82, 2.24) is 15.0 Å². The van der Waals surface area contributed by atoms with Crippen LogP contribution >= 0.6 is 11.6 Å². The van der Waals surface area contributed by atoms with Crippen molar-refractivity contribution < 1.29 is 0 Å². The van der Waals surface area contributed by atoms with Crippen molar-refractivity contribution in [3.63, 3.8) is 0 Å². The molecular formula is C13H14ClN3. The van der Waals surface area contributed by atoms with Gasteiger partial charge in [0.1, 0.15) is 5.15 Å². The molecule has 3 nitrogen and oxygen atoms in total. The fraction of sp³-hybridized carbons (Fsp3) is 0.308. The van der Waals surface area contributed by atoms with E-state index >= 15 is 0 Å². The molecule has 2 aromatic heterocycles. The summed E-state index contributed by atoms with van der Waals surface area (Å²) in [6.07, 6.45) is 3.46. The summed E-state index contributed by atoms with van der Waals surface area (Å²) in [4.78, 5) is 12.9. The van der Waals surface area contributed by atoms with Crippen LogP contribution in [0.25, 0.3) is 11.4 Å². The van der Waals surface area contributed by atoms with Crippen LogP contribution in [0.15, 0.2) is 24.5 Å². The van der Waals surface area contributed by atoms with Gasteiger partial charge >= 0.3 is 0 Å². The van der Waals surface area contributed by atoms with E-state index in [2.05, 4.69) is 28.8 Å². The average Bonchev–Trinajstić information content (AvgIpc) is 2.28. The summed E-state index contributed by atoms with van der Waals surface area (Å²) in [7, 11) is 0. The second-order valence-electron chi connectivity index (χ2n) is 4.23. The Morgan fingerprint density at radius 1 is 1.24 bits per heavy atom. The summed E-state index contributed by atoms with van der Waals surface area (Å²) >= 11 is 6.21. The van der Waals surface area contributed by atoms with Gasteiger partial charge in [0.15, 0.2) is 5.82 Å². The maximum atomic E-state index is 6.21. The first kappa shape index (κ1) is 12.0. The zero-order valence-corrected chi connectivity index (χ0v) is 10.9. The molecule has 2 aromatic rings. The van der Waals surface area contributed by atoms with Crippen molar-refractivity contribution in [3.05, 3.63) is 40.9 Å². The van der Waals surface area contributed by atoms with Gasteiger partial charge in [-0.05, 0) is 25.0 Å². The van der Waals surface area contributed by atoms with Crippen molar-refractivity contribution in [3.8, 4) is 11.4 Å². The number of halogens is 1. The molecule has 0 aliphatic rings. The van der Waals surface area contributed by atoms with E-state index in [9.17, 15) is 0 Å². The minimum absolute atomic E-state index is 0.324. The molecule has 0 atom stereocenters. The molecule has 0 unspecified atom stereocenters. The first-order chi connectivity index (χ1) is 8.09. The Hall–Kier alpha value is -1.48. The van der Waals surface area contributed by atoms with Crippen LogP contribution in [0.4, 0.5) is 0 Å². The van der Waals surface area contributed by atoms with Gasteiger partial charge < -0.3 is 0 Å². The Morgan fingerprint density at radius 3 is 2.53 bits per heavy atom. The molecule has 4 heteroatoms. The van der Waals surface area contributed by atoms with Gasteiger partial charge in [-0.15, -0.1) is 0 Å². The first-order valence-corrected chi connectivity index (χ1v) is 5.92. The van der Waals surface area contributed by atoms with Gasteiger partial charge in [0.25, 0.3) is 0 Å². The first-order valence-electron chi connectivity index (χ1n) is 5.54. The summed E-state index contributed by atoms with van der Waals surface area (Å²) in [6.45, 7) is 6.13. The van der Waals surface area contributed by atoms with Gasteiger partial charge in [0, 0.05) is 29.2 Å². The topological polar surface area (TPSA) is 38.7 Å². The molecule has 17 heavy (non-hydrogen) atoms. The van der Waals surface area contributed by atoms with Crippen LogP contribution in [-0.4, -0.2) is 15.0 Å². The van der Waals surface area contributed by atoms with Gasteiger partial charge in [0.2, 0.25) is 0 Å². The van der Waals surface area contributed by atoms with E-state index in [1.54, 1.807) is 12.4 Å². The van der Waals surface area contributed by atoms with Gasteiger partial charge in [-0.3, -0.25) is 4.98 Å². The molecule has 0 saturated heterocycles. The molecule has 0 aliphatic heterocycles. The number of nitrogens with zero attached hydrogens (tertiary/aromatic N) is 3. The molecular weight excluding hydrogens is 234 g/mol. The molecule has 0 amide bonds. The standard InChI is InChI=1S/C13H14ClN3/c1-8(2)11-9(3)16-13(17-12(11)14)10-5-4-6-15-7-10/h4-8H,1-3H3. The number of aryl methyl sites for hydroxylation is 1. The van der Waals surface area contributed by atoms with Crippen LogP contribution in [0.1, 0.15) is 31.0 Å². The molecule has 88 valence electrons. The van der Waals surface area contributed by atoms with E-state index in [1.807, 2.05) is 19.1 Å². The van der Waals surface area contributed by atoms with Crippen LogP contribution in [0.2, 0.25) is 5.15 Å². The minimum atomic E-state index is 0.324. The summed E-state index contributed by atoms with van der Waals surface area (Å²) < 4.78 is 0. The van der Waals surface area contributed by atoms with Crippen LogP contribution in [0, 0.1) is 6.92 Å². The van der Waals surface area contributed by atoms with Gasteiger partial charge in [-0.1, -0.05) is 25.4 Å². The summed E-state index contributed by atoms with van der Waals surface area (Å²) in [5, 5.41) is 0.534. The lowest BCUT2D eigenvalue weighted by Crippen LogP contribution is -2.01. The maximum Gasteiger partial charge on any atom is 0.162 e. The molecule has 2 heterocycles. The zero-order chi connectivity index (χ0) is 12.4. The fourth-order valence-corrected chi connectivity index (χ4v) is 2.26. The number of hydrogen-bond acceptors (Lipinski definition) is 3. The average molecular weight is 248 g/mol. The van der Waals surface area contributed by atoms with E-state index in [4.69, 9.17) is 11.6 Å². The Morgan fingerprint density at radius 2 is 2.00 bits per heavy atom. The molecule has 0 fully saturated rings. The Kier molecular flexibility index (Phi) is 3.38. The maximum absolute atomic E-state index is 6.21. The fourth-order valence-electron chi connectivity index (χ4n) is 1.83. The van der Waals surface area contributed by atoms with E-state index in [1.165, 1.54) is 0 Å².